The molecule has 0 bridgehead atoms. The minimum atomic E-state index is 0.966. The van der Waals surface area contributed by atoms with Gasteiger partial charge < -0.3 is 0 Å². The van der Waals surface area contributed by atoms with Gasteiger partial charge >= 0.3 is 0 Å². The Morgan fingerprint density at radius 3 is 2.89 bits per heavy atom. The molecule has 0 atom stereocenters. The summed E-state index contributed by atoms with van der Waals surface area (Å²) in [6.07, 6.45) is 4.00. The second-order valence-corrected chi connectivity index (χ2v) is 4.56. The summed E-state index contributed by atoms with van der Waals surface area (Å²) in [7, 11) is 0. The Morgan fingerprint density at radius 2 is 1.94 bits per heavy atom. The predicted octanol–water partition coefficient (Wildman–Crippen LogP) is 3.34. The van der Waals surface area contributed by atoms with Gasteiger partial charge in [0, 0.05) is 11.6 Å². The highest BCUT2D eigenvalue weighted by atomic mass is 15.0. The quantitative estimate of drug-likeness (QED) is 0.466. The van der Waals surface area contributed by atoms with Gasteiger partial charge in [0.1, 0.15) is 11.2 Å². The van der Waals surface area contributed by atoms with Crippen molar-refractivity contribution in [3.63, 3.8) is 0 Å². The van der Waals surface area contributed by atoms with E-state index in [-0.39, 0.29) is 0 Å². The van der Waals surface area contributed by atoms with Gasteiger partial charge in [-0.1, -0.05) is 24.3 Å². The van der Waals surface area contributed by atoms with Crippen LogP contribution in [0.2, 0.25) is 0 Å². The molecule has 0 N–H and O–H groups in total. The number of pyridine rings is 2. The molecule has 0 aliphatic carbocycles. The molecule has 3 heterocycles. The number of aryl methyl sites for hydroxylation is 1. The van der Waals surface area contributed by atoms with E-state index in [2.05, 4.69) is 34.6 Å². The molecule has 0 radical (unpaired) electrons. The average molecular weight is 233 g/mol. The van der Waals surface area contributed by atoms with Crippen molar-refractivity contribution >= 4 is 27.6 Å². The molecule has 0 spiro atoms. The van der Waals surface area contributed by atoms with Gasteiger partial charge in [0.15, 0.2) is 0 Å². The van der Waals surface area contributed by atoms with Gasteiger partial charge in [-0.15, -0.1) is 0 Å². The lowest BCUT2D eigenvalue weighted by Crippen LogP contribution is -1.86. The number of fused-ring (bicyclic) bond motifs is 5. The maximum Gasteiger partial charge on any atom is 0.137 e. The van der Waals surface area contributed by atoms with E-state index in [0.717, 1.165) is 27.6 Å². The highest BCUT2D eigenvalue weighted by Crippen LogP contribution is 2.24. The molecule has 3 heteroatoms. The highest BCUT2D eigenvalue weighted by Gasteiger charge is 2.08. The number of benzene rings is 1. The van der Waals surface area contributed by atoms with Crippen LogP contribution in [0, 0.1) is 6.92 Å². The Bertz CT molecular complexity index is 890. The van der Waals surface area contributed by atoms with Crippen molar-refractivity contribution in [3.8, 4) is 0 Å². The second-order valence-electron chi connectivity index (χ2n) is 4.56. The molecule has 0 unspecified atom stereocenters. The van der Waals surface area contributed by atoms with Crippen LogP contribution in [0.4, 0.5) is 0 Å². The summed E-state index contributed by atoms with van der Waals surface area (Å²) in [5.74, 6) is 0. The van der Waals surface area contributed by atoms with Crippen LogP contribution >= 0.6 is 0 Å². The fraction of sp³-hybridized carbons (Fsp3) is 0.0667. The van der Waals surface area contributed by atoms with Gasteiger partial charge in [-0.3, -0.25) is 9.38 Å². The van der Waals surface area contributed by atoms with Gasteiger partial charge in [-0.05, 0) is 24.6 Å². The van der Waals surface area contributed by atoms with Crippen molar-refractivity contribution in [2.75, 3.05) is 0 Å². The Labute approximate surface area is 104 Å². The lowest BCUT2D eigenvalue weighted by molar-refractivity contribution is 1.18. The van der Waals surface area contributed by atoms with Crippen molar-refractivity contribution in [2.45, 2.75) is 6.92 Å². The van der Waals surface area contributed by atoms with Crippen molar-refractivity contribution in [1.29, 1.82) is 0 Å². The van der Waals surface area contributed by atoms with Crippen LogP contribution in [-0.4, -0.2) is 14.4 Å². The van der Waals surface area contributed by atoms with Crippen molar-refractivity contribution in [1.82, 2.24) is 14.4 Å². The maximum absolute atomic E-state index is 4.71. The molecule has 1 aromatic carbocycles. The molecule has 3 aromatic heterocycles. The van der Waals surface area contributed by atoms with Gasteiger partial charge in [-0.2, -0.15) is 0 Å². The third-order valence-corrected chi connectivity index (χ3v) is 3.29. The predicted molar refractivity (Wildman–Crippen MR) is 72.7 cm³/mol. The zero-order valence-corrected chi connectivity index (χ0v) is 9.96. The maximum atomic E-state index is 4.71. The fourth-order valence-electron chi connectivity index (χ4n) is 2.41. The summed E-state index contributed by atoms with van der Waals surface area (Å²) in [6, 6.07) is 12.2. The van der Waals surface area contributed by atoms with Gasteiger partial charge in [0.2, 0.25) is 0 Å². The molecule has 0 aliphatic rings. The summed E-state index contributed by atoms with van der Waals surface area (Å²) >= 11 is 0. The first kappa shape index (κ1) is 9.59. The summed E-state index contributed by atoms with van der Waals surface area (Å²) in [4.78, 5) is 9.21. The molecule has 0 amide bonds. The van der Waals surface area contributed by atoms with E-state index in [9.17, 15) is 0 Å². The number of rotatable bonds is 0. The Morgan fingerprint density at radius 1 is 1.06 bits per heavy atom. The van der Waals surface area contributed by atoms with Crippen molar-refractivity contribution in [2.24, 2.45) is 0 Å². The van der Waals surface area contributed by atoms with E-state index < -0.39 is 0 Å². The van der Waals surface area contributed by atoms with Crippen LogP contribution in [0.15, 0.2) is 48.8 Å². The minimum absolute atomic E-state index is 0.966. The van der Waals surface area contributed by atoms with E-state index in [1.165, 1.54) is 5.56 Å². The Hall–Kier alpha value is -2.42. The number of para-hydroxylation sites is 1. The second kappa shape index (κ2) is 3.29. The highest BCUT2D eigenvalue weighted by molar-refractivity contribution is 6.03. The molecule has 0 fully saturated rings. The van der Waals surface area contributed by atoms with Crippen molar-refractivity contribution in [3.05, 3.63) is 54.4 Å². The monoisotopic (exact) mass is 233 g/mol. The standard InChI is InChI=1S/C15H11N3/c1-10-6-7-14-17-15-11-4-2-3-5-12(11)16-8-13(15)18(14)9-10/h2-9H,1H3. The normalized spacial score (nSPS) is 11.6. The van der Waals surface area contributed by atoms with Gasteiger partial charge in [-0.25, -0.2) is 4.98 Å². The van der Waals surface area contributed by atoms with E-state index in [1.54, 1.807) is 0 Å². The average Bonchev–Trinajstić information content (AvgIpc) is 2.77. The molecular formula is C15H11N3. The molecule has 0 saturated heterocycles. The first-order chi connectivity index (χ1) is 8.83. The van der Waals surface area contributed by atoms with Crippen molar-refractivity contribution < 1.29 is 0 Å². The van der Waals surface area contributed by atoms with Crippen LogP contribution in [0.1, 0.15) is 5.56 Å². The number of aromatic nitrogens is 3. The van der Waals surface area contributed by atoms with Gasteiger partial charge in [0.25, 0.3) is 0 Å². The first-order valence-corrected chi connectivity index (χ1v) is 5.95. The fourth-order valence-corrected chi connectivity index (χ4v) is 2.41. The van der Waals surface area contributed by atoms with E-state index in [0.29, 0.717) is 0 Å². The Balaban J connectivity index is 2.30. The molecule has 18 heavy (non-hydrogen) atoms. The summed E-state index contributed by atoms with van der Waals surface area (Å²) in [6.45, 7) is 2.08. The zero-order chi connectivity index (χ0) is 12.1. The number of imidazole rings is 1. The summed E-state index contributed by atoms with van der Waals surface area (Å²) < 4.78 is 2.10. The largest absolute Gasteiger partial charge is 0.298 e. The number of hydrogen-bond acceptors (Lipinski definition) is 2. The lowest BCUT2D eigenvalue weighted by atomic mass is 10.2. The van der Waals surface area contributed by atoms with Crippen LogP contribution in [0.5, 0.6) is 0 Å². The molecule has 0 saturated carbocycles. The molecule has 4 aromatic rings. The smallest absolute Gasteiger partial charge is 0.137 e. The first-order valence-electron chi connectivity index (χ1n) is 5.95. The van der Waals surface area contributed by atoms with Crippen LogP contribution < -0.4 is 0 Å². The SMILES string of the molecule is Cc1ccc2nc3c4ccccc4ncc3n2c1. The Kier molecular flexibility index (Phi) is 1.75. The lowest BCUT2D eigenvalue weighted by Gasteiger charge is -1.98. The van der Waals surface area contributed by atoms with Crippen LogP contribution in [-0.2, 0) is 0 Å². The van der Waals surface area contributed by atoms with E-state index in [4.69, 9.17) is 4.98 Å². The van der Waals surface area contributed by atoms with Crippen LogP contribution in [0.3, 0.4) is 0 Å². The number of nitrogens with zero attached hydrogens (tertiary/aromatic N) is 3. The topological polar surface area (TPSA) is 30.2 Å². The molecule has 3 nitrogen and oxygen atoms in total. The van der Waals surface area contributed by atoms with E-state index in [1.807, 2.05) is 30.5 Å². The van der Waals surface area contributed by atoms with E-state index >= 15 is 0 Å². The summed E-state index contributed by atoms with van der Waals surface area (Å²) in [5, 5.41) is 1.11. The third-order valence-electron chi connectivity index (χ3n) is 3.29. The molecular weight excluding hydrogens is 222 g/mol. The molecule has 86 valence electrons. The third kappa shape index (κ3) is 1.19. The van der Waals surface area contributed by atoms with Crippen LogP contribution in [0.25, 0.3) is 27.6 Å². The molecule has 4 rings (SSSR count). The summed E-state index contributed by atoms with van der Waals surface area (Å²) in [5.41, 5.74) is 5.26. The number of hydrogen-bond donors (Lipinski definition) is 0. The zero-order valence-electron chi connectivity index (χ0n) is 9.96. The molecule has 0 aliphatic heterocycles. The van der Waals surface area contributed by atoms with Gasteiger partial charge in [0.05, 0.1) is 17.2 Å². The minimum Gasteiger partial charge on any atom is -0.298 e.